The third-order valence-corrected chi connectivity index (χ3v) is 9.64. The maximum absolute atomic E-state index is 11.6. The van der Waals surface area contributed by atoms with Crippen molar-refractivity contribution in [1.82, 2.24) is 0 Å². The minimum atomic E-state index is -1.91. The van der Waals surface area contributed by atoms with Gasteiger partial charge in [-0.15, -0.1) is 0 Å². The van der Waals surface area contributed by atoms with Gasteiger partial charge in [-0.3, -0.25) is 4.79 Å². The summed E-state index contributed by atoms with van der Waals surface area (Å²) in [7, 11) is -0.439. The first-order valence-electron chi connectivity index (χ1n) is 7.76. The summed E-state index contributed by atoms with van der Waals surface area (Å²) >= 11 is 0. The molecule has 0 bridgehead atoms. The Labute approximate surface area is 133 Å². The van der Waals surface area contributed by atoms with Gasteiger partial charge in [-0.1, -0.05) is 20.8 Å². The summed E-state index contributed by atoms with van der Waals surface area (Å²) in [5.74, 6) is -0.481. The lowest BCUT2D eigenvalue weighted by Gasteiger charge is -2.42. The molecule has 0 aliphatic carbocycles. The summed E-state index contributed by atoms with van der Waals surface area (Å²) in [6.45, 7) is 11.3. The molecule has 22 heavy (non-hydrogen) atoms. The zero-order valence-corrected chi connectivity index (χ0v) is 15.3. The number of aliphatic hydroxyl groups excluding tert-OH is 1. The van der Waals surface area contributed by atoms with Crippen LogP contribution in [0.4, 0.5) is 0 Å². The van der Waals surface area contributed by atoms with E-state index in [2.05, 4.69) is 33.9 Å². The third-order valence-electron chi connectivity index (χ3n) is 5.14. The highest BCUT2D eigenvalue weighted by Crippen LogP contribution is 2.39. The van der Waals surface area contributed by atoms with E-state index in [0.29, 0.717) is 6.61 Å². The van der Waals surface area contributed by atoms with Crippen LogP contribution in [-0.2, 0) is 23.4 Å². The molecule has 2 aliphatic rings. The lowest BCUT2D eigenvalue weighted by atomic mass is 9.89. The smallest absolute Gasteiger partial charge is 0.306 e. The van der Waals surface area contributed by atoms with Crippen molar-refractivity contribution >= 4 is 14.3 Å². The number of carbonyl (C=O) groups excluding carboxylic acids is 1. The fraction of sp³-hybridized carbons (Fsp3) is 0.933. The van der Waals surface area contributed by atoms with Gasteiger partial charge in [0.05, 0.1) is 19.1 Å². The predicted octanol–water partition coefficient (Wildman–Crippen LogP) is 1.67. The first kappa shape index (κ1) is 17.9. The van der Waals surface area contributed by atoms with Crippen LogP contribution in [0.15, 0.2) is 0 Å². The predicted molar refractivity (Wildman–Crippen MR) is 82.8 cm³/mol. The molecule has 0 spiro atoms. The molecule has 2 aliphatic heterocycles. The number of esters is 1. The summed E-state index contributed by atoms with van der Waals surface area (Å²) in [6, 6.07) is 0. The molecule has 2 rings (SSSR count). The van der Waals surface area contributed by atoms with Crippen LogP contribution in [0.2, 0.25) is 18.1 Å². The Bertz CT molecular complexity index is 419. The van der Waals surface area contributed by atoms with Gasteiger partial charge in [0.1, 0.15) is 12.2 Å². The second-order valence-corrected chi connectivity index (χ2v) is 12.5. The summed E-state index contributed by atoms with van der Waals surface area (Å²) in [4.78, 5) is 11.6. The van der Waals surface area contributed by atoms with Crippen molar-refractivity contribution in [2.75, 3.05) is 13.7 Å². The molecule has 128 valence electrons. The lowest BCUT2D eigenvalue weighted by molar-refractivity contribution is -0.273. The van der Waals surface area contributed by atoms with E-state index in [1.807, 2.05) is 0 Å². The maximum atomic E-state index is 11.6. The number of hydrogen-bond acceptors (Lipinski definition) is 6. The van der Waals surface area contributed by atoms with Crippen LogP contribution in [0.25, 0.3) is 0 Å². The van der Waals surface area contributed by atoms with E-state index in [0.717, 1.165) is 0 Å². The first-order chi connectivity index (χ1) is 10.1. The average Bonchev–Trinajstić information content (AvgIpc) is 2.79. The van der Waals surface area contributed by atoms with Crippen LogP contribution in [0.5, 0.6) is 0 Å². The third kappa shape index (κ3) is 3.38. The number of rotatable bonds is 4. The topological polar surface area (TPSA) is 74.2 Å². The number of hydrogen-bond donors (Lipinski definition) is 1. The van der Waals surface area contributed by atoms with Gasteiger partial charge >= 0.3 is 5.97 Å². The SMILES string of the molecule is CO[C@H]1O[C@H](CO[Si](C)(C)C(C)(C)C)[C@@H]2CC(=O)O[C@@H]2[C@H]1O. The number of ether oxygens (including phenoxy) is 3. The van der Waals surface area contributed by atoms with Crippen molar-refractivity contribution in [2.24, 2.45) is 5.92 Å². The highest BCUT2D eigenvalue weighted by molar-refractivity contribution is 6.74. The minimum Gasteiger partial charge on any atom is -0.459 e. The largest absolute Gasteiger partial charge is 0.459 e. The Morgan fingerprint density at radius 1 is 1.36 bits per heavy atom. The van der Waals surface area contributed by atoms with Crippen LogP contribution in [0.3, 0.4) is 0 Å². The molecule has 0 amide bonds. The number of aliphatic hydroxyl groups is 1. The minimum absolute atomic E-state index is 0.100. The molecule has 0 unspecified atom stereocenters. The average molecular weight is 332 g/mol. The van der Waals surface area contributed by atoms with E-state index < -0.39 is 26.8 Å². The fourth-order valence-electron chi connectivity index (χ4n) is 2.64. The molecule has 2 heterocycles. The van der Waals surface area contributed by atoms with Gasteiger partial charge in [0.15, 0.2) is 14.6 Å². The Hall–Kier alpha value is -0.473. The summed E-state index contributed by atoms with van der Waals surface area (Å²) in [5.41, 5.74) is 0. The summed E-state index contributed by atoms with van der Waals surface area (Å²) in [6.07, 6.45) is -2.37. The van der Waals surface area contributed by atoms with Crippen LogP contribution in [-0.4, -0.2) is 57.7 Å². The van der Waals surface area contributed by atoms with Gasteiger partial charge in [-0.2, -0.15) is 0 Å². The molecule has 2 saturated heterocycles. The van der Waals surface area contributed by atoms with Gasteiger partial charge in [0.2, 0.25) is 0 Å². The van der Waals surface area contributed by atoms with Crippen molar-refractivity contribution < 1.29 is 28.5 Å². The van der Waals surface area contributed by atoms with Crippen molar-refractivity contribution in [3.8, 4) is 0 Å². The van der Waals surface area contributed by atoms with Gasteiger partial charge in [-0.25, -0.2) is 0 Å². The molecular formula is C15H28O6Si. The zero-order valence-electron chi connectivity index (χ0n) is 14.3. The number of methoxy groups -OCH3 is 1. The molecule has 5 atom stereocenters. The molecule has 0 saturated carbocycles. The van der Waals surface area contributed by atoms with Crippen molar-refractivity contribution in [3.05, 3.63) is 0 Å². The highest BCUT2D eigenvalue weighted by Gasteiger charge is 2.52. The normalized spacial score (nSPS) is 36.1. The van der Waals surface area contributed by atoms with Crippen LogP contribution < -0.4 is 0 Å². The standard InChI is InChI=1S/C15H28O6Si/c1-15(2,3)22(5,6)19-8-10-9-7-11(16)21-13(9)12(17)14(18-4)20-10/h9-10,12-14,17H,7-8H2,1-6H3/t9-,10+,12+,13-,14-/m0/s1. The van der Waals surface area contributed by atoms with E-state index in [4.69, 9.17) is 18.6 Å². The van der Waals surface area contributed by atoms with Crippen molar-refractivity contribution in [2.45, 2.75) is 69.9 Å². The van der Waals surface area contributed by atoms with Gasteiger partial charge in [0.25, 0.3) is 0 Å². The summed E-state index contributed by atoms with van der Waals surface area (Å²) < 4.78 is 22.4. The molecule has 0 aromatic rings. The number of carbonyl (C=O) groups is 1. The molecule has 0 aromatic heterocycles. The van der Waals surface area contributed by atoms with E-state index in [1.54, 1.807) is 0 Å². The van der Waals surface area contributed by atoms with E-state index in [-0.39, 0.29) is 29.5 Å². The monoisotopic (exact) mass is 332 g/mol. The highest BCUT2D eigenvalue weighted by atomic mass is 28.4. The molecular weight excluding hydrogens is 304 g/mol. The van der Waals surface area contributed by atoms with Crippen molar-refractivity contribution in [3.63, 3.8) is 0 Å². The first-order valence-corrected chi connectivity index (χ1v) is 10.7. The lowest BCUT2D eigenvalue weighted by Crippen LogP contribution is -2.55. The van der Waals surface area contributed by atoms with Crippen LogP contribution in [0.1, 0.15) is 27.2 Å². The van der Waals surface area contributed by atoms with Crippen LogP contribution in [0, 0.1) is 5.92 Å². The van der Waals surface area contributed by atoms with Gasteiger partial charge < -0.3 is 23.7 Å². The molecule has 7 heteroatoms. The Kier molecular flexibility index (Phi) is 5.04. The Morgan fingerprint density at radius 3 is 2.55 bits per heavy atom. The zero-order chi connectivity index (χ0) is 16.7. The van der Waals surface area contributed by atoms with Crippen molar-refractivity contribution in [1.29, 1.82) is 0 Å². The molecule has 6 nitrogen and oxygen atoms in total. The van der Waals surface area contributed by atoms with Crippen LogP contribution >= 0.6 is 0 Å². The molecule has 2 fully saturated rings. The Morgan fingerprint density at radius 2 is 2.00 bits per heavy atom. The molecule has 0 radical (unpaired) electrons. The van der Waals surface area contributed by atoms with E-state index in [9.17, 15) is 9.90 Å². The summed E-state index contributed by atoms with van der Waals surface area (Å²) in [5, 5.41) is 10.3. The second kappa shape index (κ2) is 6.20. The molecule has 1 N–H and O–H groups in total. The quantitative estimate of drug-likeness (QED) is 0.623. The second-order valence-electron chi connectivity index (χ2n) is 7.66. The molecule has 0 aromatic carbocycles. The number of fused-ring (bicyclic) bond motifs is 1. The van der Waals surface area contributed by atoms with E-state index in [1.165, 1.54) is 7.11 Å². The fourth-order valence-corrected chi connectivity index (χ4v) is 3.65. The van der Waals surface area contributed by atoms with Gasteiger partial charge in [0, 0.05) is 13.0 Å². The Balaban J connectivity index is 2.07. The van der Waals surface area contributed by atoms with Gasteiger partial charge in [-0.05, 0) is 18.1 Å². The van der Waals surface area contributed by atoms with E-state index >= 15 is 0 Å². The maximum Gasteiger partial charge on any atom is 0.306 e.